The van der Waals surface area contributed by atoms with Gasteiger partial charge in [0.15, 0.2) is 0 Å². The largest absolute Gasteiger partial charge is 0.342 e. The molecule has 2 amide bonds. The van der Waals surface area contributed by atoms with Crippen molar-refractivity contribution in [3.05, 3.63) is 0 Å². The van der Waals surface area contributed by atoms with Crippen LogP contribution in [0.3, 0.4) is 0 Å². The number of halogens is 1. The molecule has 5 nitrogen and oxygen atoms in total. The quantitative estimate of drug-likeness (QED) is 0.802. The zero-order chi connectivity index (χ0) is 15.4. The fraction of sp³-hybridized carbons (Fsp3) is 0.875. The van der Waals surface area contributed by atoms with Crippen LogP contribution in [0.25, 0.3) is 0 Å². The highest BCUT2D eigenvalue weighted by molar-refractivity contribution is 5.89. The van der Waals surface area contributed by atoms with Crippen LogP contribution >= 0.6 is 12.4 Å². The first-order chi connectivity index (χ1) is 10.1. The Bertz CT molecular complexity index is 392. The van der Waals surface area contributed by atoms with Crippen LogP contribution < -0.4 is 5.32 Å². The lowest BCUT2D eigenvalue weighted by Gasteiger charge is -2.25. The summed E-state index contributed by atoms with van der Waals surface area (Å²) in [5.41, 5.74) is 0. The zero-order valence-electron chi connectivity index (χ0n) is 14.0. The Balaban J connectivity index is 0.00000242. The number of likely N-dealkylation sites (tertiary alicyclic amines) is 2. The van der Waals surface area contributed by atoms with Gasteiger partial charge in [0.25, 0.3) is 0 Å². The Labute approximate surface area is 140 Å². The normalized spacial score (nSPS) is 26.2. The standard InChI is InChI=1S/C16H29N3O2.ClH/c1-4-5-12(2)19-11-14(8-15(19)20)16(21)18-7-6-13(10-18)9-17-3;/h12-14,17H,4-11H2,1-3H3;1H. The number of hydrogen-bond acceptors (Lipinski definition) is 3. The van der Waals surface area contributed by atoms with Crippen LogP contribution in [0.2, 0.25) is 0 Å². The molecule has 1 N–H and O–H groups in total. The van der Waals surface area contributed by atoms with E-state index in [4.69, 9.17) is 0 Å². The summed E-state index contributed by atoms with van der Waals surface area (Å²) in [5.74, 6) is 0.782. The van der Waals surface area contributed by atoms with Crippen LogP contribution in [-0.2, 0) is 9.59 Å². The third kappa shape index (κ3) is 4.35. The van der Waals surface area contributed by atoms with E-state index in [0.29, 0.717) is 18.9 Å². The zero-order valence-corrected chi connectivity index (χ0v) is 14.8. The molecule has 2 saturated heterocycles. The van der Waals surface area contributed by atoms with Crippen molar-refractivity contribution in [2.24, 2.45) is 11.8 Å². The van der Waals surface area contributed by atoms with Crippen LogP contribution in [0.5, 0.6) is 0 Å². The first kappa shape index (κ1) is 19.2. The molecule has 0 aromatic carbocycles. The SMILES string of the molecule is CCCC(C)N1CC(C(=O)N2CCC(CNC)C2)CC1=O.Cl. The Morgan fingerprint density at radius 2 is 2.14 bits per heavy atom. The van der Waals surface area contributed by atoms with E-state index < -0.39 is 0 Å². The highest BCUT2D eigenvalue weighted by atomic mass is 35.5. The van der Waals surface area contributed by atoms with Gasteiger partial charge in [-0.3, -0.25) is 9.59 Å². The molecule has 22 heavy (non-hydrogen) atoms. The van der Waals surface area contributed by atoms with E-state index in [9.17, 15) is 9.59 Å². The molecule has 2 fully saturated rings. The molecule has 0 aliphatic carbocycles. The molecule has 3 unspecified atom stereocenters. The Morgan fingerprint density at radius 3 is 2.77 bits per heavy atom. The topological polar surface area (TPSA) is 52.7 Å². The molecule has 0 spiro atoms. The maximum absolute atomic E-state index is 12.6. The number of carbonyl (C=O) groups is 2. The predicted molar refractivity (Wildman–Crippen MR) is 90.1 cm³/mol. The van der Waals surface area contributed by atoms with Gasteiger partial charge >= 0.3 is 0 Å². The second kappa shape index (κ2) is 8.73. The molecule has 0 bridgehead atoms. The summed E-state index contributed by atoms with van der Waals surface area (Å²) in [7, 11) is 1.95. The first-order valence-electron chi connectivity index (χ1n) is 8.29. The average molecular weight is 332 g/mol. The second-order valence-electron chi connectivity index (χ2n) is 6.58. The molecular weight excluding hydrogens is 302 g/mol. The summed E-state index contributed by atoms with van der Waals surface area (Å²) < 4.78 is 0. The van der Waals surface area contributed by atoms with Crippen molar-refractivity contribution in [2.45, 2.75) is 45.6 Å². The van der Waals surface area contributed by atoms with Gasteiger partial charge in [0, 0.05) is 32.1 Å². The summed E-state index contributed by atoms with van der Waals surface area (Å²) in [4.78, 5) is 28.6. The molecule has 128 valence electrons. The van der Waals surface area contributed by atoms with Gasteiger partial charge in [-0.1, -0.05) is 13.3 Å². The lowest BCUT2D eigenvalue weighted by molar-refractivity contribution is -0.135. The summed E-state index contributed by atoms with van der Waals surface area (Å²) >= 11 is 0. The molecular formula is C16H30ClN3O2. The highest BCUT2D eigenvalue weighted by Gasteiger charge is 2.39. The van der Waals surface area contributed by atoms with Crippen LogP contribution in [0.1, 0.15) is 39.5 Å². The van der Waals surface area contributed by atoms with Crippen molar-refractivity contribution < 1.29 is 9.59 Å². The van der Waals surface area contributed by atoms with E-state index in [1.165, 1.54) is 0 Å². The van der Waals surface area contributed by atoms with Gasteiger partial charge in [0.1, 0.15) is 0 Å². The summed E-state index contributed by atoms with van der Waals surface area (Å²) in [6, 6.07) is 0.260. The maximum Gasteiger partial charge on any atom is 0.228 e. The number of amides is 2. The average Bonchev–Trinajstić information content (AvgIpc) is 3.05. The summed E-state index contributed by atoms with van der Waals surface area (Å²) in [5, 5.41) is 3.18. The van der Waals surface area contributed by atoms with E-state index in [0.717, 1.165) is 38.9 Å². The van der Waals surface area contributed by atoms with E-state index in [1.807, 2.05) is 16.8 Å². The van der Waals surface area contributed by atoms with Crippen LogP contribution in [-0.4, -0.2) is 60.9 Å². The number of hydrogen-bond donors (Lipinski definition) is 1. The molecule has 0 aromatic rings. The minimum atomic E-state index is -0.120. The second-order valence-corrected chi connectivity index (χ2v) is 6.58. The lowest BCUT2D eigenvalue weighted by atomic mass is 10.1. The fourth-order valence-electron chi connectivity index (χ4n) is 3.64. The number of nitrogens with zero attached hydrogens (tertiary/aromatic N) is 2. The van der Waals surface area contributed by atoms with Crippen LogP contribution in [0.4, 0.5) is 0 Å². The first-order valence-corrected chi connectivity index (χ1v) is 8.29. The summed E-state index contributed by atoms with van der Waals surface area (Å²) in [6.07, 6.45) is 3.56. The van der Waals surface area contributed by atoms with Gasteiger partial charge < -0.3 is 15.1 Å². The molecule has 3 atom stereocenters. The van der Waals surface area contributed by atoms with Gasteiger partial charge in [-0.25, -0.2) is 0 Å². The third-order valence-corrected chi connectivity index (χ3v) is 4.84. The van der Waals surface area contributed by atoms with E-state index in [-0.39, 0.29) is 36.2 Å². The van der Waals surface area contributed by atoms with Crippen molar-refractivity contribution in [3.8, 4) is 0 Å². The Hall–Kier alpha value is -0.810. The summed E-state index contributed by atoms with van der Waals surface area (Å²) in [6.45, 7) is 7.49. The molecule has 2 rings (SSSR count). The highest BCUT2D eigenvalue weighted by Crippen LogP contribution is 2.26. The van der Waals surface area contributed by atoms with E-state index >= 15 is 0 Å². The monoisotopic (exact) mass is 331 g/mol. The van der Waals surface area contributed by atoms with Gasteiger partial charge in [-0.15, -0.1) is 12.4 Å². The Morgan fingerprint density at radius 1 is 1.41 bits per heavy atom. The van der Waals surface area contributed by atoms with Crippen molar-refractivity contribution >= 4 is 24.2 Å². The minimum Gasteiger partial charge on any atom is -0.342 e. The number of nitrogens with one attached hydrogen (secondary N) is 1. The number of carbonyl (C=O) groups excluding carboxylic acids is 2. The van der Waals surface area contributed by atoms with Gasteiger partial charge in [0.05, 0.1) is 5.92 Å². The molecule has 6 heteroatoms. The maximum atomic E-state index is 12.6. The fourth-order valence-corrected chi connectivity index (χ4v) is 3.64. The Kier molecular flexibility index (Phi) is 7.63. The van der Waals surface area contributed by atoms with Crippen LogP contribution in [0.15, 0.2) is 0 Å². The lowest BCUT2D eigenvalue weighted by Crippen LogP contribution is -2.38. The minimum absolute atomic E-state index is 0. The smallest absolute Gasteiger partial charge is 0.228 e. The van der Waals surface area contributed by atoms with Crippen molar-refractivity contribution in [3.63, 3.8) is 0 Å². The van der Waals surface area contributed by atoms with Gasteiger partial charge in [-0.05, 0) is 39.3 Å². The van der Waals surface area contributed by atoms with Gasteiger partial charge in [-0.2, -0.15) is 0 Å². The molecule has 0 aromatic heterocycles. The van der Waals surface area contributed by atoms with Gasteiger partial charge in [0.2, 0.25) is 11.8 Å². The van der Waals surface area contributed by atoms with Crippen molar-refractivity contribution in [1.29, 1.82) is 0 Å². The molecule has 2 aliphatic heterocycles. The van der Waals surface area contributed by atoms with E-state index in [2.05, 4.69) is 19.2 Å². The molecule has 0 radical (unpaired) electrons. The van der Waals surface area contributed by atoms with Crippen molar-refractivity contribution in [1.82, 2.24) is 15.1 Å². The van der Waals surface area contributed by atoms with Crippen LogP contribution in [0, 0.1) is 11.8 Å². The molecule has 0 saturated carbocycles. The predicted octanol–water partition coefficient (Wildman–Crippen LogP) is 1.51. The number of rotatable bonds is 6. The third-order valence-electron chi connectivity index (χ3n) is 4.84. The van der Waals surface area contributed by atoms with Crippen molar-refractivity contribution in [2.75, 3.05) is 33.2 Å². The molecule has 2 aliphatic rings. The molecule has 2 heterocycles. The van der Waals surface area contributed by atoms with E-state index in [1.54, 1.807) is 0 Å².